The van der Waals surface area contributed by atoms with Crippen LogP contribution in [0.1, 0.15) is 53.5 Å². The Balaban J connectivity index is 1.64. The number of sulfonamides is 1. The molecule has 0 bridgehead atoms. The number of aromatic amines is 1. The summed E-state index contributed by atoms with van der Waals surface area (Å²) in [6.07, 6.45) is 1.87. The van der Waals surface area contributed by atoms with Crippen molar-refractivity contribution in [3.8, 4) is 11.8 Å². The number of hydrogen-bond donors (Lipinski definition) is 2. The molecule has 2 aromatic carbocycles. The Bertz CT molecular complexity index is 1450. The normalized spacial score (nSPS) is 12.9. The summed E-state index contributed by atoms with van der Waals surface area (Å²) < 4.78 is 37.5. The molecule has 0 saturated carbocycles. The number of nitrogens with zero attached hydrogens (tertiary/aromatic N) is 3. The van der Waals surface area contributed by atoms with Crippen LogP contribution in [-0.4, -0.2) is 28.2 Å². The van der Waals surface area contributed by atoms with E-state index in [0.717, 1.165) is 38.7 Å². The van der Waals surface area contributed by atoms with Crippen molar-refractivity contribution >= 4 is 20.9 Å². The molecule has 0 fully saturated rings. The molecule has 0 amide bonds. The lowest BCUT2D eigenvalue weighted by atomic mass is 9.95. The monoisotopic (exact) mass is 481 g/mol. The maximum Gasteiger partial charge on any atom is 0.322 e. The Morgan fingerprint density at radius 1 is 1.00 bits per heavy atom. The maximum atomic E-state index is 13.5. The van der Waals surface area contributed by atoms with Crippen LogP contribution in [0.15, 0.2) is 35.4 Å². The maximum absolute atomic E-state index is 13.5. The zero-order valence-corrected chi connectivity index (χ0v) is 21.5. The van der Waals surface area contributed by atoms with Gasteiger partial charge in [-0.25, -0.2) is 13.1 Å². The molecule has 0 radical (unpaired) electrons. The van der Waals surface area contributed by atoms with Crippen molar-refractivity contribution in [1.82, 2.24) is 24.5 Å². The molecule has 1 atom stereocenters. The average molecular weight is 482 g/mol. The third-order valence-corrected chi connectivity index (χ3v) is 8.53. The summed E-state index contributed by atoms with van der Waals surface area (Å²) >= 11 is 0. The van der Waals surface area contributed by atoms with E-state index in [4.69, 9.17) is 4.74 Å². The summed E-state index contributed by atoms with van der Waals surface area (Å²) in [6.45, 7) is 13.9. The Hall–Kier alpha value is -3.17. The van der Waals surface area contributed by atoms with Gasteiger partial charge in [-0.3, -0.25) is 4.57 Å². The largest absolute Gasteiger partial charge is 0.424 e. The van der Waals surface area contributed by atoms with E-state index in [1.165, 1.54) is 0 Å². The molecule has 0 saturated heterocycles. The average Bonchev–Trinajstić information content (AvgIpc) is 3.42. The van der Waals surface area contributed by atoms with Gasteiger partial charge in [-0.2, -0.15) is 0 Å². The molecule has 180 valence electrons. The molecule has 34 heavy (non-hydrogen) atoms. The Labute approximate surface area is 200 Å². The molecule has 8 nitrogen and oxygen atoms in total. The van der Waals surface area contributed by atoms with Crippen LogP contribution in [0.5, 0.6) is 11.8 Å². The molecule has 9 heteroatoms. The van der Waals surface area contributed by atoms with E-state index in [2.05, 4.69) is 19.9 Å². The van der Waals surface area contributed by atoms with Gasteiger partial charge < -0.3 is 9.72 Å². The van der Waals surface area contributed by atoms with Crippen molar-refractivity contribution < 1.29 is 13.2 Å². The van der Waals surface area contributed by atoms with Gasteiger partial charge in [-0.15, -0.1) is 5.10 Å². The Morgan fingerprint density at radius 3 is 2.29 bits per heavy atom. The molecular weight excluding hydrogens is 450 g/mol. The van der Waals surface area contributed by atoms with Crippen LogP contribution in [0.3, 0.4) is 0 Å². The quantitative estimate of drug-likeness (QED) is 0.380. The number of H-pyrrole nitrogens is 1. The minimum absolute atomic E-state index is 0.309. The highest BCUT2D eigenvalue weighted by molar-refractivity contribution is 7.89. The molecule has 4 aromatic rings. The lowest BCUT2D eigenvalue weighted by molar-refractivity contribution is 0.408. The van der Waals surface area contributed by atoms with E-state index in [1.54, 1.807) is 11.5 Å². The SMILES string of the molecule is CCn1c(Oc2ccc3cc[nH]c3c2)nnc1[C@@H](C)NS(=O)(=O)c1c(C)c(C)c(C)c(C)c1C. The van der Waals surface area contributed by atoms with E-state index in [1.807, 2.05) is 72.0 Å². The second kappa shape index (κ2) is 8.88. The first-order chi connectivity index (χ1) is 16.0. The molecule has 2 aromatic heterocycles. The fraction of sp³-hybridized carbons (Fsp3) is 0.360. The lowest BCUT2D eigenvalue weighted by Gasteiger charge is -2.21. The van der Waals surface area contributed by atoms with E-state index >= 15 is 0 Å². The van der Waals surface area contributed by atoms with Crippen molar-refractivity contribution in [2.45, 2.75) is 65.9 Å². The fourth-order valence-electron chi connectivity index (χ4n) is 4.40. The van der Waals surface area contributed by atoms with Gasteiger partial charge in [0.05, 0.1) is 10.9 Å². The van der Waals surface area contributed by atoms with Crippen molar-refractivity contribution in [2.24, 2.45) is 0 Å². The van der Waals surface area contributed by atoms with Crippen LogP contribution in [0.25, 0.3) is 10.9 Å². The van der Waals surface area contributed by atoms with Gasteiger partial charge in [0.15, 0.2) is 5.82 Å². The van der Waals surface area contributed by atoms with Crippen molar-refractivity contribution in [3.63, 3.8) is 0 Å². The standard InChI is InChI=1S/C25H31N5O3S/c1-8-30-24(27-28-25(30)33-21-10-9-20-11-12-26-22(20)13-21)19(7)29-34(31,32)23-17(5)15(3)14(2)16(4)18(23)6/h9-13,19,26,29H,8H2,1-7H3/t19-/m1/s1. The van der Waals surface area contributed by atoms with Gasteiger partial charge >= 0.3 is 6.01 Å². The Morgan fingerprint density at radius 2 is 1.65 bits per heavy atom. The number of aromatic nitrogens is 4. The first-order valence-electron chi connectivity index (χ1n) is 11.3. The van der Waals surface area contributed by atoms with Crippen LogP contribution in [0, 0.1) is 34.6 Å². The number of fused-ring (bicyclic) bond motifs is 1. The third kappa shape index (κ3) is 4.10. The number of benzene rings is 2. The molecule has 2 heterocycles. The third-order valence-electron chi connectivity index (χ3n) is 6.72. The number of nitrogens with one attached hydrogen (secondary N) is 2. The number of hydrogen-bond acceptors (Lipinski definition) is 5. The lowest BCUT2D eigenvalue weighted by Crippen LogP contribution is -2.30. The highest BCUT2D eigenvalue weighted by Crippen LogP contribution is 2.31. The predicted octanol–water partition coefficient (Wildman–Crippen LogP) is 5.15. The molecule has 0 aliphatic rings. The smallest absolute Gasteiger partial charge is 0.322 e. The van der Waals surface area contributed by atoms with Gasteiger partial charge in [0.1, 0.15) is 5.75 Å². The van der Waals surface area contributed by atoms with E-state index < -0.39 is 16.1 Å². The molecule has 0 aliphatic carbocycles. The van der Waals surface area contributed by atoms with Crippen molar-refractivity contribution in [3.05, 3.63) is 64.1 Å². The van der Waals surface area contributed by atoms with E-state index in [9.17, 15) is 8.42 Å². The highest BCUT2D eigenvalue weighted by Gasteiger charge is 2.28. The zero-order chi connectivity index (χ0) is 24.8. The molecule has 0 aliphatic heterocycles. The van der Waals surface area contributed by atoms with Gasteiger partial charge in [0.2, 0.25) is 10.0 Å². The number of ether oxygens (including phenoxy) is 1. The summed E-state index contributed by atoms with van der Waals surface area (Å²) in [5, 5.41) is 9.54. The van der Waals surface area contributed by atoms with Gasteiger partial charge in [0, 0.05) is 24.3 Å². The fourth-order valence-corrected chi connectivity index (χ4v) is 6.20. The summed E-state index contributed by atoms with van der Waals surface area (Å²) in [5.74, 6) is 1.10. The molecule has 0 unspecified atom stereocenters. The second-order valence-corrected chi connectivity index (χ2v) is 10.4. The van der Waals surface area contributed by atoms with Crippen molar-refractivity contribution in [1.29, 1.82) is 0 Å². The minimum Gasteiger partial charge on any atom is -0.424 e. The first-order valence-corrected chi connectivity index (χ1v) is 12.8. The summed E-state index contributed by atoms with van der Waals surface area (Å²) in [4.78, 5) is 3.49. The minimum atomic E-state index is -3.80. The molecule has 2 N–H and O–H groups in total. The highest BCUT2D eigenvalue weighted by atomic mass is 32.2. The number of rotatable bonds is 7. The van der Waals surface area contributed by atoms with Crippen LogP contribution in [-0.2, 0) is 16.6 Å². The Kier molecular flexibility index (Phi) is 6.26. The summed E-state index contributed by atoms with van der Waals surface area (Å²) in [7, 11) is -3.80. The zero-order valence-electron chi connectivity index (χ0n) is 20.6. The predicted molar refractivity (Wildman–Crippen MR) is 133 cm³/mol. The second-order valence-electron chi connectivity index (χ2n) is 8.71. The van der Waals surface area contributed by atoms with Gasteiger partial charge in [-0.05, 0) is 99.9 Å². The molecular formula is C25H31N5O3S. The summed E-state index contributed by atoms with van der Waals surface area (Å²) in [5.41, 5.74) is 5.58. The van der Waals surface area contributed by atoms with Gasteiger partial charge in [-0.1, -0.05) is 5.10 Å². The van der Waals surface area contributed by atoms with Gasteiger partial charge in [0.25, 0.3) is 0 Å². The van der Waals surface area contributed by atoms with Crippen molar-refractivity contribution in [2.75, 3.05) is 0 Å². The topological polar surface area (TPSA) is 102 Å². The molecule has 4 rings (SSSR count). The van der Waals surface area contributed by atoms with E-state index in [-0.39, 0.29) is 0 Å². The van der Waals surface area contributed by atoms with Crippen LogP contribution >= 0.6 is 0 Å². The van der Waals surface area contributed by atoms with Crippen LogP contribution in [0.4, 0.5) is 0 Å². The van der Waals surface area contributed by atoms with Crippen LogP contribution < -0.4 is 9.46 Å². The van der Waals surface area contributed by atoms with Crippen LogP contribution in [0.2, 0.25) is 0 Å². The summed E-state index contributed by atoms with van der Waals surface area (Å²) in [6, 6.07) is 7.40. The molecule has 0 spiro atoms. The van der Waals surface area contributed by atoms with E-state index in [0.29, 0.717) is 29.0 Å². The first kappa shape index (κ1) is 24.0.